The highest BCUT2D eigenvalue weighted by atomic mass is 16.2. The predicted molar refractivity (Wildman–Crippen MR) is 103 cm³/mol. The molecule has 0 unspecified atom stereocenters. The number of nitrogens with zero attached hydrogens (tertiary/aromatic N) is 2. The molecule has 1 aromatic rings. The van der Waals surface area contributed by atoms with Gasteiger partial charge in [0.1, 0.15) is 0 Å². The molecule has 0 spiro atoms. The highest BCUT2D eigenvalue weighted by Gasteiger charge is 2.29. The second-order valence-electron chi connectivity index (χ2n) is 7.72. The van der Waals surface area contributed by atoms with Crippen molar-refractivity contribution >= 4 is 11.8 Å². The van der Waals surface area contributed by atoms with Gasteiger partial charge in [0, 0.05) is 38.8 Å². The van der Waals surface area contributed by atoms with Gasteiger partial charge in [0.2, 0.25) is 0 Å². The highest BCUT2D eigenvalue weighted by molar-refractivity contribution is 6.35. The van der Waals surface area contributed by atoms with Crippen molar-refractivity contribution in [1.82, 2.24) is 15.1 Å². The van der Waals surface area contributed by atoms with Crippen LogP contribution in [0.4, 0.5) is 0 Å². The summed E-state index contributed by atoms with van der Waals surface area (Å²) < 4.78 is 0. The number of hydrogen-bond donors (Lipinski definition) is 1. The molecule has 1 aliphatic carbocycles. The lowest BCUT2D eigenvalue weighted by atomic mass is 9.94. The average Bonchev–Trinajstić information content (AvgIpc) is 2.70. The minimum absolute atomic E-state index is 0.109. The number of benzene rings is 1. The number of hydrogen-bond acceptors (Lipinski definition) is 3. The summed E-state index contributed by atoms with van der Waals surface area (Å²) in [5.74, 6) is -0.803. The molecule has 2 amide bonds. The lowest BCUT2D eigenvalue weighted by molar-refractivity contribution is -0.147. The molecular formula is C21H31N3O2. The summed E-state index contributed by atoms with van der Waals surface area (Å²) >= 11 is 0. The van der Waals surface area contributed by atoms with Crippen molar-refractivity contribution in [2.24, 2.45) is 0 Å². The van der Waals surface area contributed by atoms with Crippen LogP contribution in [0.5, 0.6) is 0 Å². The van der Waals surface area contributed by atoms with Gasteiger partial charge in [-0.15, -0.1) is 0 Å². The lowest BCUT2D eigenvalue weighted by Gasteiger charge is -2.33. The van der Waals surface area contributed by atoms with Crippen LogP contribution >= 0.6 is 0 Å². The van der Waals surface area contributed by atoms with Crippen molar-refractivity contribution in [3.63, 3.8) is 0 Å². The number of carbonyl (C=O) groups excluding carboxylic acids is 2. The Labute approximate surface area is 156 Å². The van der Waals surface area contributed by atoms with Gasteiger partial charge < -0.3 is 10.2 Å². The molecule has 3 rings (SSSR count). The Morgan fingerprint density at radius 1 is 1.04 bits per heavy atom. The Morgan fingerprint density at radius 2 is 1.69 bits per heavy atom. The van der Waals surface area contributed by atoms with Crippen LogP contribution in [-0.4, -0.2) is 53.8 Å². The van der Waals surface area contributed by atoms with Gasteiger partial charge >= 0.3 is 11.8 Å². The van der Waals surface area contributed by atoms with E-state index in [9.17, 15) is 9.59 Å². The Kier molecular flexibility index (Phi) is 6.67. The summed E-state index contributed by atoms with van der Waals surface area (Å²) in [6, 6.07) is 10.8. The number of likely N-dealkylation sites (N-methyl/N-ethyl adjacent to an activating group) is 1. The summed E-state index contributed by atoms with van der Waals surface area (Å²) in [5.41, 5.74) is 1.32. The van der Waals surface area contributed by atoms with Crippen LogP contribution in [0.2, 0.25) is 0 Å². The van der Waals surface area contributed by atoms with Crippen LogP contribution in [0.15, 0.2) is 30.3 Å². The SMILES string of the molecule is CN(C(=O)C(=O)NC1CCN(Cc2ccccc2)CC1)C1CCCCC1. The number of carbonyl (C=O) groups is 2. The zero-order chi connectivity index (χ0) is 18.4. The number of amides is 2. The number of rotatable bonds is 4. The summed E-state index contributed by atoms with van der Waals surface area (Å²) in [6.07, 6.45) is 7.40. The van der Waals surface area contributed by atoms with Crippen molar-refractivity contribution in [2.45, 2.75) is 63.6 Å². The fourth-order valence-corrected chi connectivity index (χ4v) is 4.12. The first kappa shape index (κ1) is 18.9. The molecule has 1 aromatic carbocycles. The maximum atomic E-state index is 12.4. The van der Waals surface area contributed by atoms with E-state index >= 15 is 0 Å². The van der Waals surface area contributed by atoms with E-state index in [0.29, 0.717) is 0 Å². The minimum atomic E-state index is -0.431. The molecule has 1 heterocycles. The van der Waals surface area contributed by atoms with E-state index in [1.807, 2.05) is 6.07 Å². The summed E-state index contributed by atoms with van der Waals surface area (Å²) in [4.78, 5) is 28.9. The average molecular weight is 357 g/mol. The van der Waals surface area contributed by atoms with Gasteiger partial charge in [0.25, 0.3) is 0 Å². The topological polar surface area (TPSA) is 52.7 Å². The van der Waals surface area contributed by atoms with Crippen molar-refractivity contribution in [3.8, 4) is 0 Å². The molecule has 2 fully saturated rings. The molecule has 5 heteroatoms. The van der Waals surface area contributed by atoms with E-state index in [1.54, 1.807) is 11.9 Å². The molecule has 142 valence electrons. The van der Waals surface area contributed by atoms with Crippen molar-refractivity contribution in [1.29, 1.82) is 0 Å². The molecule has 1 aliphatic heterocycles. The molecule has 0 atom stereocenters. The third kappa shape index (κ3) is 5.07. The first-order valence-corrected chi connectivity index (χ1v) is 9.97. The van der Waals surface area contributed by atoms with Crippen LogP contribution in [0.1, 0.15) is 50.5 Å². The smallest absolute Gasteiger partial charge is 0.311 e. The van der Waals surface area contributed by atoms with Gasteiger partial charge in [-0.1, -0.05) is 49.6 Å². The van der Waals surface area contributed by atoms with E-state index in [0.717, 1.165) is 58.2 Å². The zero-order valence-electron chi connectivity index (χ0n) is 15.8. The molecule has 2 aliphatic rings. The van der Waals surface area contributed by atoms with Crippen molar-refractivity contribution < 1.29 is 9.59 Å². The minimum Gasteiger partial charge on any atom is -0.345 e. The Bertz CT molecular complexity index is 591. The second-order valence-corrected chi connectivity index (χ2v) is 7.72. The summed E-state index contributed by atoms with van der Waals surface area (Å²) in [6.45, 7) is 2.85. The van der Waals surface area contributed by atoms with E-state index in [4.69, 9.17) is 0 Å². The number of piperidine rings is 1. The second kappa shape index (κ2) is 9.17. The normalized spacial score (nSPS) is 19.9. The summed E-state index contributed by atoms with van der Waals surface area (Å²) in [7, 11) is 1.78. The van der Waals surface area contributed by atoms with Crippen LogP contribution in [0.3, 0.4) is 0 Å². The van der Waals surface area contributed by atoms with Crippen LogP contribution in [0.25, 0.3) is 0 Å². The largest absolute Gasteiger partial charge is 0.345 e. The van der Waals surface area contributed by atoms with Crippen molar-refractivity contribution in [3.05, 3.63) is 35.9 Å². The monoisotopic (exact) mass is 357 g/mol. The highest BCUT2D eigenvalue weighted by Crippen LogP contribution is 2.21. The molecule has 0 radical (unpaired) electrons. The fraction of sp³-hybridized carbons (Fsp3) is 0.619. The van der Waals surface area contributed by atoms with Gasteiger partial charge in [-0.05, 0) is 31.2 Å². The quantitative estimate of drug-likeness (QED) is 0.843. The first-order chi connectivity index (χ1) is 12.6. The fourth-order valence-electron chi connectivity index (χ4n) is 4.12. The zero-order valence-corrected chi connectivity index (χ0v) is 15.8. The third-order valence-corrected chi connectivity index (χ3v) is 5.81. The van der Waals surface area contributed by atoms with Gasteiger partial charge in [-0.2, -0.15) is 0 Å². The van der Waals surface area contributed by atoms with Crippen molar-refractivity contribution in [2.75, 3.05) is 20.1 Å². The van der Waals surface area contributed by atoms with E-state index in [-0.39, 0.29) is 18.0 Å². The van der Waals surface area contributed by atoms with E-state index in [2.05, 4.69) is 34.5 Å². The molecule has 0 bridgehead atoms. The Hall–Kier alpha value is -1.88. The molecule has 0 aromatic heterocycles. The Morgan fingerprint density at radius 3 is 2.35 bits per heavy atom. The third-order valence-electron chi connectivity index (χ3n) is 5.81. The lowest BCUT2D eigenvalue weighted by Crippen LogP contribution is -2.51. The van der Waals surface area contributed by atoms with Crippen LogP contribution < -0.4 is 5.32 Å². The van der Waals surface area contributed by atoms with Gasteiger partial charge in [-0.3, -0.25) is 14.5 Å². The number of nitrogens with one attached hydrogen (secondary N) is 1. The molecule has 1 saturated carbocycles. The molecule has 1 saturated heterocycles. The standard InChI is InChI=1S/C21H31N3O2/c1-23(19-10-6-3-7-11-19)21(26)20(25)22-18-12-14-24(15-13-18)16-17-8-4-2-5-9-17/h2,4-5,8-9,18-19H,3,6-7,10-16H2,1H3,(H,22,25). The van der Waals surface area contributed by atoms with Crippen LogP contribution in [-0.2, 0) is 16.1 Å². The van der Waals surface area contributed by atoms with Gasteiger partial charge in [0.15, 0.2) is 0 Å². The van der Waals surface area contributed by atoms with E-state index in [1.165, 1.54) is 12.0 Å². The molecule has 26 heavy (non-hydrogen) atoms. The molecular weight excluding hydrogens is 326 g/mol. The van der Waals surface area contributed by atoms with Gasteiger partial charge in [0.05, 0.1) is 0 Å². The maximum absolute atomic E-state index is 12.4. The van der Waals surface area contributed by atoms with Crippen LogP contribution in [0, 0.1) is 0 Å². The van der Waals surface area contributed by atoms with E-state index < -0.39 is 5.91 Å². The number of likely N-dealkylation sites (tertiary alicyclic amines) is 1. The molecule has 5 nitrogen and oxygen atoms in total. The molecule has 1 N–H and O–H groups in total. The van der Waals surface area contributed by atoms with Gasteiger partial charge in [-0.25, -0.2) is 0 Å². The first-order valence-electron chi connectivity index (χ1n) is 9.97. The Balaban J connectivity index is 1.42. The maximum Gasteiger partial charge on any atom is 0.311 e. The summed E-state index contributed by atoms with van der Waals surface area (Å²) in [5, 5.41) is 2.97. The predicted octanol–water partition coefficient (Wildman–Crippen LogP) is 2.56.